The summed E-state index contributed by atoms with van der Waals surface area (Å²) < 4.78 is 57.1. The monoisotopic (exact) mass is 585 g/mol. The molecule has 1 amide bonds. The number of pyridine rings is 1. The molecule has 222 valence electrons. The molecule has 42 heavy (non-hydrogen) atoms. The fourth-order valence-corrected chi connectivity index (χ4v) is 5.42. The predicted molar refractivity (Wildman–Crippen MR) is 152 cm³/mol. The first-order valence-corrected chi connectivity index (χ1v) is 13.6. The number of hydrogen-bond donors (Lipinski definition) is 2. The van der Waals surface area contributed by atoms with Gasteiger partial charge >= 0.3 is 6.18 Å². The molecule has 0 saturated carbocycles. The Hall–Kier alpha value is -4.26. The quantitative estimate of drug-likeness (QED) is 0.429. The van der Waals surface area contributed by atoms with Crippen molar-refractivity contribution in [1.82, 2.24) is 19.9 Å². The van der Waals surface area contributed by atoms with Crippen LogP contribution in [0.25, 0.3) is 5.57 Å². The molecule has 1 aromatic carbocycles. The lowest BCUT2D eigenvalue weighted by Gasteiger charge is -2.44. The number of nitrogens with zero attached hydrogens (tertiary/aromatic N) is 5. The molecule has 2 aliphatic heterocycles. The fourth-order valence-electron chi connectivity index (χ4n) is 5.42. The number of halogens is 4. The molecular formula is C29H31F4N7O2. The molecule has 2 aliphatic rings. The number of carbonyl (C=O) groups is 1. The Bertz CT molecular complexity index is 1550. The van der Waals surface area contributed by atoms with Crippen LogP contribution in [0.1, 0.15) is 41.8 Å². The Labute approximate surface area is 239 Å². The maximum atomic E-state index is 15.9. The second kappa shape index (κ2) is 11.6. The predicted octanol–water partition coefficient (Wildman–Crippen LogP) is 4.40. The second-order valence-electron chi connectivity index (χ2n) is 10.7. The maximum Gasteiger partial charge on any atom is 0.417 e. The molecule has 0 bridgehead atoms. The van der Waals surface area contributed by atoms with Crippen molar-refractivity contribution in [3.05, 3.63) is 81.8 Å². The Morgan fingerprint density at radius 1 is 1.07 bits per heavy atom. The van der Waals surface area contributed by atoms with Crippen LogP contribution in [0.3, 0.4) is 0 Å². The topological polar surface area (TPSA) is 97.5 Å². The zero-order valence-corrected chi connectivity index (χ0v) is 23.4. The van der Waals surface area contributed by atoms with Gasteiger partial charge in [-0.05, 0) is 51.1 Å². The van der Waals surface area contributed by atoms with Crippen LogP contribution in [0.15, 0.2) is 53.7 Å². The number of piperazine rings is 1. The molecule has 3 aromatic rings. The zero-order chi connectivity index (χ0) is 30.2. The van der Waals surface area contributed by atoms with E-state index in [1.165, 1.54) is 12.1 Å². The van der Waals surface area contributed by atoms with Gasteiger partial charge in [0.2, 0.25) is 11.5 Å². The number of carbonyl (C=O) groups excluding carboxylic acids is 1. The standard InChI is InChI=1S/C29H31F4N7O2/c1-17-14-40(15-18(2)38(17)3)25-12-23(30)20(19-6-4-9-39(16-19)28-34-7-5-8-35-28)10-24(25)37-27(42)21-13-36-26(41)11-22(21)29(31,32)33/h5-8,10-13,17-18H,4,9,14-16H2,1-3H3,(H,36,41)(H,37,42)/t17-,18+. The van der Waals surface area contributed by atoms with Crippen LogP contribution in [0.4, 0.5) is 34.9 Å². The van der Waals surface area contributed by atoms with Gasteiger partial charge < -0.3 is 20.1 Å². The summed E-state index contributed by atoms with van der Waals surface area (Å²) in [4.78, 5) is 41.7. The normalized spacial score (nSPS) is 19.9. The third-order valence-electron chi connectivity index (χ3n) is 7.84. The van der Waals surface area contributed by atoms with Crippen molar-refractivity contribution in [1.29, 1.82) is 0 Å². The van der Waals surface area contributed by atoms with Crippen LogP contribution < -0.4 is 20.7 Å². The minimum Gasteiger partial charge on any atom is -0.367 e. The number of H-pyrrole nitrogens is 1. The SMILES string of the molecule is C[C@@H]1CN(c2cc(F)c(C3=CCCN(c4ncccn4)C3)cc2NC(=O)c2c[nH]c(=O)cc2C(F)(F)F)C[C@H](C)N1C. The fraction of sp³-hybridized carbons (Fsp3) is 0.379. The molecule has 2 aromatic heterocycles. The van der Waals surface area contributed by atoms with Crippen LogP contribution in [0.5, 0.6) is 0 Å². The van der Waals surface area contributed by atoms with Crippen LogP contribution in [0.2, 0.25) is 0 Å². The molecule has 0 spiro atoms. The highest BCUT2D eigenvalue weighted by Gasteiger charge is 2.36. The highest BCUT2D eigenvalue weighted by molar-refractivity contribution is 6.07. The number of benzene rings is 1. The van der Waals surface area contributed by atoms with Crippen molar-refractivity contribution in [3.8, 4) is 0 Å². The van der Waals surface area contributed by atoms with Crippen molar-refractivity contribution in [2.75, 3.05) is 48.3 Å². The first-order chi connectivity index (χ1) is 19.9. The highest BCUT2D eigenvalue weighted by atomic mass is 19.4. The van der Waals surface area contributed by atoms with Gasteiger partial charge in [-0.2, -0.15) is 13.2 Å². The van der Waals surface area contributed by atoms with E-state index < -0.39 is 34.6 Å². The molecular weight excluding hydrogens is 554 g/mol. The summed E-state index contributed by atoms with van der Waals surface area (Å²) in [7, 11) is 1.99. The van der Waals surface area contributed by atoms with Crippen LogP contribution in [0, 0.1) is 5.82 Å². The molecule has 0 radical (unpaired) electrons. The number of alkyl halides is 3. The Balaban J connectivity index is 1.55. The molecule has 2 N–H and O–H groups in total. The third kappa shape index (κ3) is 6.01. The van der Waals surface area contributed by atoms with Crippen molar-refractivity contribution in [2.45, 2.75) is 38.5 Å². The molecule has 5 rings (SSSR count). The second-order valence-corrected chi connectivity index (χ2v) is 10.7. The first kappa shape index (κ1) is 29.2. The van der Waals surface area contributed by atoms with Gasteiger partial charge in [-0.15, -0.1) is 0 Å². The van der Waals surface area contributed by atoms with E-state index in [0.29, 0.717) is 55.9 Å². The Morgan fingerprint density at radius 2 is 1.76 bits per heavy atom. The van der Waals surface area contributed by atoms with Gasteiger partial charge in [0.1, 0.15) is 5.82 Å². The number of likely N-dealkylation sites (N-methyl/N-ethyl adjacent to an activating group) is 1. The zero-order valence-electron chi connectivity index (χ0n) is 23.4. The Morgan fingerprint density at radius 3 is 2.43 bits per heavy atom. The summed E-state index contributed by atoms with van der Waals surface area (Å²) in [6.07, 6.45) is 1.53. The van der Waals surface area contributed by atoms with E-state index in [-0.39, 0.29) is 23.3 Å². The minimum atomic E-state index is -4.93. The molecule has 0 aliphatic carbocycles. The minimum absolute atomic E-state index is 0.0940. The number of aromatic nitrogens is 3. The van der Waals surface area contributed by atoms with E-state index >= 15 is 4.39 Å². The smallest absolute Gasteiger partial charge is 0.367 e. The number of anilines is 3. The van der Waals surface area contributed by atoms with Crippen LogP contribution in [-0.4, -0.2) is 71.1 Å². The molecule has 0 unspecified atom stereocenters. The van der Waals surface area contributed by atoms with E-state index in [4.69, 9.17) is 0 Å². The highest BCUT2D eigenvalue weighted by Crippen LogP contribution is 2.37. The van der Waals surface area contributed by atoms with Gasteiger partial charge in [0, 0.05) is 68.5 Å². The molecule has 1 fully saturated rings. The molecule has 4 heterocycles. The molecule has 1 saturated heterocycles. The van der Waals surface area contributed by atoms with Crippen molar-refractivity contribution in [3.63, 3.8) is 0 Å². The lowest BCUT2D eigenvalue weighted by molar-refractivity contribution is -0.138. The van der Waals surface area contributed by atoms with Crippen LogP contribution >= 0.6 is 0 Å². The summed E-state index contributed by atoms with van der Waals surface area (Å²) in [6, 6.07) is 5.03. The number of aromatic amines is 1. The Kier molecular flexibility index (Phi) is 8.04. The van der Waals surface area contributed by atoms with Gasteiger partial charge in [0.15, 0.2) is 0 Å². The van der Waals surface area contributed by atoms with E-state index in [9.17, 15) is 22.8 Å². The maximum absolute atomic E-state index is 15.9. The van der Waals surface area contributed by atoms with E-state index in [1.807, 2.05) is 36.8 Å². The van der Waals surface area contributed by atoms with E-state index in [1.54, 1.807) is 18.5 Å². The average Bonchev–Trinajstić information content (AvgIpc) is 2.96. The van der Waals surface area contributed by atoms with Gasteiger partial charge in [0.05, 0.1) is 22.5 Å². The summed E-state index contributed by atoms with van der Waals surface area (Å²) in [5.74, 6) is -1.11. The number of nitrogens with one attached hydrogen (secondary N) is 2. The van der Waals surface area contributed by atoms with E-state index in [0.717, 1.165) is 6.20 Å². The number of amides is 1. The van der Waals surface area contributed by atoms with Crippen molar-refractivity contribution < 1.29 is 22.4 Å². The van der Waals surface area contributed by atoms with Gasteiger partial charge in [0.25, 0.3) is 5.91 Å². The largest absolute Gasteiger partial charge is 0.417 e. The van der Waals surface area contributed by atoms with Crippen LogP contribution in [-0.2, 0) is 6.18 Å². The molecule has 13 heteroatoms. The lowest BCUT2D eigenvalue weighted by atomic mass is 9.98. The number of rotatable bonds is 5. The first-order valence-electron chi connectivity index (χ1n) is 13.6. The molecule has 2 atom stereocenters. The number of hydrogen-bond acceptors (Lipinski definition) is 7. The molecule has 9 nitrogen and oxygen atoms in total. The van der Waals surface area contributed by atoms with Crippen molar-refractivity contribution >= 4 is 28.8 Å². The summed E-state index contributed by atoms with van der Waals surface area (Å²) in [5, 5.41) is 2.60. The summed E-state index contributed by atoms with van der Waals surface area (Å²) in [6.45, 7) is 5.99. The average molecular weight is 586 g/mol. The van der Waals surface area contributed by atoms with Gasteiger partial charge in [-0.1, -0.05) is 6.08 Å². The summed E-state index contributed by atoms with van der Waals surface area (Å²) >= 11 is 0. The summed E-state index contributed by atoms with van der Waals surface area (Å²) in [5.41, 5.74) is -1.73. The van der Waals surface area contributed by atoms with Gasteiger partial charge in [-0.25, -0.2) is 14.4 Å². The lowest BCUT2D eigenvalue weighted by Crippen LogP contribution is -2.55. The van der Waals surface area contributed by atoms with Crippen molar-refractivity contribution in [2.24, 2.45) is 0 Å². The van der Waals surface area contributed by atoms with E-state index in [2.05, 4.69) is 25.2 Å². The third-order valence-corrected chi connectivity index (χ3v) is 7.84. The van der Waals surface area contributed by atoms with Gasteiger partial charge in [-0.3, -0.25) is 14.5 Å².